The van der Waals surface area contributed by atoms with E-state index in [1.54, 1.807) is 0 Å². The van der Waals surface area contributed by atoms with E-state index < -0.39 is 10.0 Å². The Morgan fingerprint density at radius 2 is 1.83 bits per heavy atom. The summed E-state index contributed by atoms with van der Waals surface area (Å²) in [4.78, 5) is 12.0. The highest BCUT2D eigenvalue weighted by molar-refractivity contribution is 7.88. The van der Waals surface area contributed by atoms with Crippen molar-refractivity contribution >= 4 is 16.1 Å². The van der Waals surface area contributed by atoms with Gasteiger partial charge in [-0.1, -0.05) is 26.7 Å². The summed E-state index contributed by atoms with van der Waals surface area (Å²) >= 11 is 0. The molecule has 1 rings (SSSR count). The standard InChI is InChI=1S/C15H31N3O4S/c1-15(2,11-19)9-6-10-16-14(20)17-12-7-4-5-8-13(12)18-23(3,21)22/h12-13,18-19H,4-11H2,1-3H3,(H2,16,17,20)/t12-,13-/m0/s1. The first-order valence-electron chi connectivity index (χ1n) is 8.25. The fraction of sp³-hybridized carbons (Fsp3) is 0.933. The van der Waals surface area contributed by atoms with Crippen molar-refractivity contribution in [2.75, 3.05) is 19.4 Å². The molecule has 4 N–H and O–H groups in total. The van der Waals surface area contributed by atoms with Crippen LogP contribution in [0.4, 0.5) is 4.79 Å². The van der Waals surface area contributed by atoms with Gasteiger partial charge in [0.15, 0.2) is 0 Å². The number of rotatable bonds is 8. The van der Waals surface area contributed by atoms with E-state index in [1.807, 2.05) is 13.8 Å². The van der Waals surface area contributed by atoms with Gasteiger partial charge in [-0.15, -0.1) is 0 Å². The van der Waals surface area contributed by atoms with Crippen molar-refractivity contribution in [2.24, 2.45) is 5.41 Å². The number of hydrogen-bond donors (Lipinski definition) is 4. The highest BCUT2D eigenvalue weighted by Gasteiger charge is 2.28. The van der Waals surface area contributed by atoms with Crippen LogP contribution in [0.2, 0.25) is 0 Å². The summed E-state index contributed by atoms with van der Waals surface area (Å²) in [6.07, 6.45) is 6.21. The van der Waals surface area contributed by atoms with Gasteiger partial charge < -0.3 is 15.7 Å². The monoisotopic (exact) mass is 349 g/mol. The van der Waals surface area contributed by atoms with E-state index in [-0.39, 0.29) is 30.1 Å². The van der Waals surface area contributed by atoms with Gasteiger partial charge in [0.1, 0.15) is 0 Å². The third-order valence-corrected chi connectivity index (χ3v) is 4.92. The maximum Gasteiger partial charge on any atom is 0.315 e. The number of amides is 2. The van der Waals surface area contributed by atoms with Crippen LogP contribution >= 0.6 is 0 Å². The molecule has 1 aliphatic rings. The van der Waals surface area contributed by atoms with Crippen molar-refractivity contribution in [3.8, 4) is 0 Å². The summed E-state index contributed by atoms with van der Waals surface area (Å²) in [6.45, 7) is 4.62. The second-order valence-corrected chi connectivity index (χ2v) is 8.99. The van der Waals surface area contributed by atoms with Gasteiger partial charge in [-0.2, -0.15) is 0 Å². The third kappa shape index (κ3) is 8.53. The summed E-state index contributed by atoms with van der Waals surface area (Å²) in [6, 6.07) is -0.677. The normalized spacial score (nSPS) is 22.6. The Bertz CT molecular complexity index is 479. The molecule has 1 aliphatic carbocycles. The Balaban J connectivity index is 2.36. The molecule has 2 amide bonds. The van der Waals surface area contributed by atoms with Crippen LogP contribution in [0.25, 0.3) is 0 Å². The second-order valence-electron chi connectivity index (χ2n) is 7.21. The molecule has 0 unspecified atom stereocenters. The number of urea groups is 1. The van der Waals surface area contributed by atoms with E-state index >= 15 is 0 Å². The molecule has 0 bridgehead atoms. The van der Waals surface area contributed by atoms with Crippen molar-refractivity contribution in [1.29, 1.82) is 0 Å². The largest absolute Gasteiger partial charge is 0.396 e. The maximum absolute atomic E-state index is 12.0. The minimum absolute atomic E-state index is 0.125. The van der Waals surface area contributed by atoms with E-state index in [2.05, 4.69) is 15.4 Å². The van der Waals surface area contributed by atoms with E-state index in [0.29, 0.717) is 6.54 Å². The van der Waals surface area contributed by atoms with Crippen molar-refractivity contribution in [1.82, 2.24) is 15.4 Å². The Morgan fingerprint density at radius 1 is 1.22 bits per heavy atom. The summed E-state index contributed by atoms with van der Waals surface area (Å²) < 4.78 is 25.4. The number of carbonyl (C=O) groups excluding carboxylic acids is 1. The van der Waals surface area contributed by atoms with Crippen LogP contribution < -0.4 is 15.4 Å². The summed E-state index contributed by atoms with van der Waals surface area (Å²) in [7, 11) is -3.28. The zero-order valence-corrected chi connectivity index (χ0v) is 15.2. The molecule has 1 fully saturated rings. The van der Waals surface area contributed by atoms with Crippen molar-refractivity contribution in [3.05, 3.63) is 0 Å². The highest BCUT2D eigenvalue weighted by Crippen LogP contribution is 2.21. The van der Waals surface area contributed by atoms with E-state index in [9.17, 15) is 18.3 Å². The molecule has 8 heteroatoms. The quantitative estimate of drug-likeness (QED) is 0.489. The number of aliphatic hydroxyl groups excluding tert-OH is 1. The molecular formula is C15H31N3O4S. The van der Waals surface area contributed by atoms with E-state index in [4.69, 9.17) is 0 Å². The summed E-state index contributed by atoms with van der Waals surface area (Å²) in [5.74, 6) is 0. The predicted molar refractivity (Wildman–Crippen MR) is 90.7 cm³/mol. The van der Waals surface area contributed by atoms with Crippen LogP contribution in [-0.2, 0) is 10.0 Å². The lowest BCUT2D eigenvalue weighted by Gasteiger charge is -2.32. The number of hydrogen-bond acceptors (Lipinski definition) is 4. The van der Waals surface area contributed by atoms with Gasteiger partial charge in [-0.05, 0) is 31.1 Å². The lowest BCUT2D eigenvalue weighted by Crippen LogP contribution is -2.55. The van der Waals surface area contributed by atoms with Gasteiger partial charge in [0.05, 0.1) is 6.26 Å². The topological polar surface area (TPSA) is 108 Å². The molecule has 0 aromatic rings. The molecule has 0 spiro atoms. The molecule has 0 aliphatic heterocycles. The Kier molecular flexibility index (Phi) is 7.76. The van der Waals surface area contributed by atoms with Gasteiger partial charge in [-0.3, -0.25) is 0 Å². The Labute approximate surface area is 139 Å². The highest BCUT2D eigenvalue weighted by atomic mass is 32.2. The van der Waals surface area contributed by atoms with Gasteiger partial charge >= 0.3 is 6.03 Å². The fourth-order valence-electron chi connectivity index (χ4n) is 2.79. The molecule has 2 atom stereocenters. The van der Waals surface area contributed by atoms with Crippen LogP contribution in [0, 0.1) is 5.41 Å². The number of carbonyl (C=O) groups is 1. The zero-order valence-electron chi connectivity index (χ0n) is 14.4. The maximum atomic E-state index is 12.0. The molecule has 23 heavy (non-hydrogen) atoms. The molecule has 1 saturated carbocycles. The first kappa shape index (κ1) is 20.2. The van der Waals surface area contributed by atoms with Crippen LogP contribution in [0.15, 0.2) is 0 Å². The molecule has 7 nitrogen and oxygen atoms in total. The van der Waals surface area contributed by atoms with Crippen LogP contribution in [0.1, 0.15) is 52.4 Å². The Hall–Kier alpha value is -0.860. The molecule has 0 heterocycles. The van der Waals surface area contributed by atoms with Gasteiger partial charge in [-0.25, -0.2) is 17.9 Å². The first-order valence-corrected chi connectivity index (χ1v) is 10.1. The average molecular weight is 349 g/mol. The summed E-state index contributed by atoms with van der Waals surface area (Å²) in [5.41, 5.74) is -0.133. The number of nitrogens with one attached hydrogen (secondary N) is 3. The van der Waals surface area contributed by atoms with E-state index in [0.717, 1.165) is 44.8 Å². The van der Waals surface area contributed by atoms with Crippen molar-refractivity contribution in [2.45, 2.75) is 64.5 Å². The third-order valence-electron chi connectivity index (χ3n) is 4.19. The molecule has 0 aromatic heterocycles. The molecular weight excluding hydrogens is 318 g/mol. The minimum atomic E-state index is -3.28. The minimum Gasteiger partial charge on any atom is -0.396 e. The van der Waals surface area contributed by atoms with E-state index in [1.165, 1.54) is 0 Å². The van der Waals surface area contributed by atoms with Crippen LogP contribution in [0.5, 0.6) is 0 Å². The Morgan fingerprint density at radius 3 is 2.39 bits per heavy atom. The number of aliphatic hydroxyl groups is 1. The zero-order chi connectivity index (χ0) is 17.5. The lowest BCUT2D eigenvalue weighted by molar-refractivity contribution is 0.148. The van der Waals surface area contributed by atoms with Gasteiger partial charge in [0.25, 0.3) is 0 Å². The fourth-order valence-corrected chi connectivity index (χ4v) is 3.62. The smallest absolute Gasteiger partial charge is 0.315 e. The lowest BCUT2D eigenvalue weighted by atomic mass is 9.89. The molecule has 0 radical (unpaired) electrons. The van der Waals surface area contributed by atoms with Gasteiger partial charge in [0.2, 0.25) is 10.0 Å². The first-order chi connectivity index (χ1) is 10.6. The van der Waals surface area contributed by atoms with Crippen LogP contribution in [0.3, 0.4) is 0 Å². The average Bonchev–Trinajstić information content (AvgIpc) is 2.44. The molecule has 0 saturated heterocycles. The van der Waals surface area contributed by atoms with Crippen molar-refractivity contribution in [3.63, 3.8) is 0 Å². The van der Waals surface area contributed by atoms with Crippen molar-refractivity contribution < 1.29 is 18.3 Å². The molecule has 0 aromatic carbocycles. The number of sulfonamides is 1. The predicted octanol–water partition coefficient (Wildman–Crippen LogP) is 0.945. The SMILES string of the molecule is CC(C)(CO)CCCNC(=O)N[C@H]1CCCC[C@@H]1NS(C)(=O)=O. The second kappa shape index (κ2) is 8.84. The van der Waals surface area contributed by atoms with Gasteiger partial charge in [0, 0.05) is 25.2 Å². The summed E-state index contributed by atoms with van der Waals surface area (Å²) in [5, 5.41) is 14.9. The molecule has 136 valence electrons. The van der Waals surface area contributed by atoms with Crippen LogP contribution in [-0.4, -0.2) is 51.0 Å².